The van der Waals surface area contributed by atoms with Crippen molar-refractivity contribution >= 4 is 35.0 Å². The Bertz CT molecular complexity index is 795. The molecule has 2 heterocycles. The highest BCUT2D eigenvalue weighted by Gasteiger charge is 2.30. The van der Waals surface area contributed by atoms with Crippen LogP contribution in [0.25, 0.3) is 10.7 Å². The molecule has 2 N–H and O–H groups in total. The average Bonchev–Trinajstić information content (AvgIpc) is 3.18. The summed E-state index contributed by atoms with van der Waals surface area (Å²) in [5.74, 6) is 0.703. The van der Waals surface area contributed by atoms with E-state index in [9.17, 15) is 9.59 Å². The molecule has 2 aromatic heterocycles. The van der Waals surface area contributed by atoms with Crippen LogP contribution < -0.4 is 10.6 Å². The van der Waals surface area contributed by atoms with Crippen molar-refractivity contribution in [3.63, 3.8) is 0 Å². The topological polar surface area (TPSA) is 88.9 Å². The standard InChI is InChI=1S/C18H23N5O2S2/c24-15(20-17(25)19-12-5-2-1-3-6-12)11-27-18-22-21-16(14-7-4-10-26-14)23(18)13-8-9-13/h4,7,10,12-13H,1-3,5-6,8-9,11H2,(H2,19,20,24,25). The summed E-state index contributed by atoms with van der Waals surface area (Å²) in [6.07, 6.45) is 7.71. The third-order valence-electron chi connectivity index (χ3n) is 4.84. The third-order valence-corrected chi connectivity index (χ3v) is 6.65. The van der Waals surface area contributed by atoms with E-state index >= 15 is 0 Å². The van der Waals surface area contributed by atoms with Gasteiger partial charge >= 0.3 is 6.03 Å². The van der Waals surface area contributed by atoms with E-state index in [1.54, 1.807) is 11.3 Å². The Morgan fingerprint density at radius 2 is 2.00 bits per heavy atom. The number of amides is 3. The van der Waals surface area contributed by atoms with Gasteiger partial charge < -0.3 is 5.32 Å². The van der Waals surface area contributed by atoms with Gasteiger partial charge in [0.25, 0.3) is 0 Å². The van der Waals surface area contributed by atoms with E-state index in [2.05, 4.69) is 25.4 Å². The van der Waals surface area contributed by atoms with Crippen LogP contribution in [0.15, 0.2) is 22.7 Å². The molecule has 3 amide bonds. The SMILES string of the molecule is O=C(CSc1nnc(-c2cccs2)n1C1CC1)NC(=O)NC1CCCCC1. The molecule has 9 heteroatoms. The summed E-state index contributed by atoms with van der Waals surface area (Å²) < 4.78 is 2.13. The quantitative estimate of drug-likeness (QED) is 0.717. The molecule has 0 aliphatic heterocycles. The van der Waals surface area contributed by atoms with E-state index in [4.69, 9.17) is 0 Å². The number of nitrogens with zero attached hydrogens (tertiary/aromatic N) is 3. The lowest BCUT2D eigenvalue weighted by Gasteiger charge is -2.22. The molecule has 2 aromatic rings. The Hall–Kier alpha value is -1.87. The molecule has 4 rings (SSSR count). The summed E-state index contributed by atoms with van der Waals surface area (Å²) >= 11 is 2.96. The van der Waals surface area contributed by atoms with Crippen molar-refractivity contribution < 1.29 is 9.59 Å². The summed E-state index contributed by atoms with van der Waals surface area (Å²) in [5, 5.41) is 16.7. The average molecular weight is 406 g/mol. The third kappa shape index (κ3) is 4.70. The van der Waals surface area contributed by atoms with Crippen molar-refractivity contribution in [2.24, 2.45) is 0 Å². The van der Waals surface area contributed by atoms with Gasteiger partial charge in [-0.1, -0.05) is 37.1 Å². The van der Waals surface area contributed by atoms with Gasteiger partial charge in [-0.3, -0.25) is 14.7 Å². The number of thiophene rings is 1. The molecule has 0 radical (unpaired) electrons. The highest BCUT2D eigenvalue weighted by molar-refractivity contribution is 7.99. The van der Waals surface area contributed by atoms with Crippen LogP contribution in [0.3, 0.4) is 0 Å². The van der Waals surface area contributed by atoms with Crippen LogP contribution in [-0.2, 0) is 4.79 Å². The van der Waals surface area contributed by atoms with Crippen molar-refractivity contribution in [3.8, 4) is 10.7 Å². The van der Waals surface area contributed by atoms with Crippen molar-refractivity contribution in [1.29, 1.82) is 0 Å². The van der Waals surface area contributed by atoms with Gasteiger partial charge in [0.05, 0.1) is 10.6 Å². The van der Waals surface area contributed by atoms with E-state index in [1.807, 2.05) is 17.5 Å². The van der Waals surface area contributed by atoms with Gasteiger partial charge in [-0.2, -0.15) is 0 Å². The smallest absolute Gasteiger partial charge is 0.321 e. The molecule has 0 unspecified atom stereocenters. The van der Waals surface area contributed by atoms with Gasteiger partial charge in [0.2, 0.25) is 5.91 Å². The van der Waals surface area contributed by atoms with E-state index in [1.165, 1.54) is 18.2 Å². The van der Waals surface area contributed by atoms with Crippen molar-refractivity contribution in [2.45, 2.75) is 62.2 Å². The first kappa shape index (κ1) is 18.5. The van der Waals surface area contributed by atoms with Crippen LogP contribution in [0.5, 0.6) is 0 Å². The highest BCUT2D eigenvalue weighted by Crippen LogP contribution is 2.41. The molecule has 2 saturated carbocycles. The summed E-state index contributed by atoms with van der Waals surface area (Å²) in [5.41, 5.74) is 0. The number of carbonyl (C=O) groups excluding carboxylic acids is 2. The number of nitrogens with one attached hydrogen (secondary N) is 2. The molecule has 0 spiro atoms. The highest BCUT2D eigenvalue weighted by atomic mass is 32.2. The summed E-state index contributed by atoms with van der Waals surface area (Å²) in [7, 11) is 0. The number of urea groups is 1. The zero-order valence-corrected chi connectivity index (χ0v) is 16.7. The molecule has 27 heavy (non-hydrogen) atoms. The number of aromatic nitrogens is 3. The number of hydrogen-bond donors (Lipinski definition) is 2. The minimum atomic E-state index is -0.393. The molecule has 144 valence electrons. The molecule has 0 aromatic carbocycles. The van der Waals surface area contributed by atoms with Gasteiger partial charge in [-0.25, -0.2) is 4.79 Å². The fourth-order valence-corrected chi connectivity index (χ4v) is 4.88. The Morgan fingerprint density at radius 3 is 2.70 bits per heavy atom. The van der Waals surface area contributed by atoms with Crippen molar-refractivity contribution in [2.75, 3.05) is 5.75 Å². The van der Waals surface area contributed by atoms with Crippen LogP contribution in [-0.4, -0.2) is 38.5 Å². The largest absolute Gasteiger partial charge is 0.335 e. The predicted octanol–water partition coefficient (Wildman–Crippen LogP) is 3.59. The fourth-order valence-electron chi connectivity index (χ4n) is 3.37. The van der Waals surface area contributed by atoms with Gasteiger partial charge in [0.1, 0.15) is 0 Å². The lowest BCUT2D eigenvalue weighted by atomic mass is 9.96. The second kappa shape index (κ2) is 8.43. The molecule has 7 nitrogen and oxygen atoms in total. The monoisotopic (exact) mass is 405 g/mol. The number of imide groups is 1. The van der Waals surface area contributed by atoms with E-state index in [0.29, 0.717) is 6.04 Å². The lowest BCUT2D eigenvalue weighted by molar-refractivity contribution is -0.117. The first-order chi connectivity index (χ1) is 13.2. The maximum Gasteiger partial charge on any atom is 0.321 e. The maximum atomic E-state index is 12.2. The second-order valence-corrected chi connectivity index (χ2v) is 8.92. The lowest BCUT2D eigenvalue weighted by Crippen LogP contribution is -2.45. The van der Waals surface area contributed by atoms with Crippen LogP contribution in [0.1, 0.15) is 51.0 Å². The molecule has 2 aliphatic rings. The van der Waals surface area contributed by atoms with Crippen LogP contribution in [0, 0.1) is 0 Å². The zero-order chi connectivity index (χ0) is 18.6. The molecule has 0 saturated heterocycles. The summed E-state index contributed by atoms with van der Waals surface area (Å²) in [6.45, 7) is 0. The molecular weight excluding hydrogens is 382 g/mol. The predicted molar refractivity (Wildman–Crippen MR) is 106 cm³/mol. The fraction of sp³-hybridized carbons (Fsp3) is 0.556. The van der Waals surface area contributed by atoms with Gasteiger partial charge in [-0.15, -0.1) is 21.5 Å². The molecule has 0 bridgehead atoms. The van der Waals surface area contributed by atoms with Crippen LogP contribution in [0.4, 0.5) is 4.79 Å². The van der Waals surface area contributed by atoms with E-state index < -0.39 is 6.03 Å². The summed E-state index contributed by atoms with van der Waals surface area (Å²) in [6, 6.07) is 4.24. The Kier molecular flexibility index (Phi) is 5.77. The molecule has 2 fully saturated rings. The van der Waals surface area contributed by atoms with Crippen LogP contribution in [0.2, 0.25) is 0 Å². The number of rotatable bonds is 6. The van der Waals surface area contributed by atoms with E-state index in [0.717, 1.165) is 54.4 Å². The number of thioether (sulfide) groups is 1. The first-order valence-electron chi connectivity index (χ1n) is 9.42. The van der Waals surface area contributed by atoms with Crippen molar-refractivity contribution in [1.82, 2.24) is 25.4 Å². The molecule has 2 aliphatic carbocycles. The van der Waals surface area contributed by atoms with E-state index in [-0.39, 0.29) is 17.7 Å². The Morgan fingerprint density at radius 1 is 1.19 bits per heavy atom. The first-order valence-corrected chi connectivity index (χ1v) is 11.3. The maximum absolute atomic E-state index is 12.2. The number of carbonyl (C=O) groups is 2. The van der Waals surface area contributed by atoms with Gasteiger partial charge in [0, 0.05) is 12.1 Å². The second-order valence-electron chi connectivity index (χ2n) is 7.03. The Balaban J connectivity index is 1.32. The number of hydrogen-bond acceptors (Lipinski definition) is 6. The van der Waals surface area contributed by atoms with Crippen molar-refractivity contribution in [3.05, 3.63) is 17.5 Å². The Labute approximate surface area is 166 Å². The molecular formula is C18H23N5O2S2. The molecule has 0 atom stereocenters. The minimum Gasteiger partial charge on any atom is -0.335 e. The van der Waals surface area contributed by atoms with Gasteiger partial charge in [-0.05, 0) is 37.1 Å². The minimum absolute atomic E-state index is 0.146. The zero-order valence-electron chi connectivity index (χ0n) is 15.0. The summed E-state index contributed by atoms with van der Waals surface area (Å²) in [4.78, 5) is 25.2. The van der Waals surface area contributed by atoms with Crippen LogP contribution >= 0.6 is 23.1 Å². The normalized spacial score (nSPS) is 17.6. The van der Waals surface area contributed by atoms with Gasteiger partial charge in [0.15, 0.2) is 11.0 Å².